The first-order chi connectivity index (χ1) is 7.94. The maximum Gasteiger partial charge on any atom is 0.248 e. The molecule has 0 fully saturated rings. The molecule has 0 aliphatic carbocycles. The highest BCUT2D eigenvalue weighted by molar-refractivity contribution is 5.92. The summed E-state index contributed by atoms with van der Waals surface area (Å²) in [7, 11) is 0. The predicted molar refractivity (Wildman–Crippen MR) is 64.4 cm³/mol. The average molecular weight is 238 g/mol. The maximum atomic E-state index is 10.8. The Labute approximate surface area is 100 Å². The predicted octanol–water partition coefficient (Wildman–Crippen LogP) is -0.382. The number of hydrogen-bond acceptors (Lipinski definition) is 4. The van der Waals surface area contributed by atoms with Crippen LogP contribution < -0.4 is 11.1 Å². The number of hydrogen-bond donors (Lipinski definition) is 4. The SMILES string of the molecule is CC(O)(CO)CNCc1ccc(C(N)=O)cc1. The van der Waals surface area contributed by atoms with Crippen molar-refractivity contribution in [1.29, 1.82) is 0 Å². The van der Waals surface area contributed by atoms with Gasteiger partial charge in [-0.25, -0.2) is 0 Å². The van der Waals surface area contributed by atoms with Crippen molar-refractivity contribution in [1.82, 2.24) is 5.32 Å². The third kappa shape index (κ3) is 4.52. The van der Waals surface area contributed by atoms with E-state index in [9.17, 15) is 9.90 Å². The van der Waals surface area contributed by atoms with Crippen LogP contribution in [0.2, 0.25) is 0 Å². The highest BCUT2D eigenvalue weighted by atomic mass is 16.3. The van der Waals surface area contributed by atoms with Crippen molar-refractivity contribution in [2.24, 2.45) is 5.73 Å². The highest BCUT2D eigenvalue weighted by Crippen LogP contribution is 2.04. The molecule has 17 heavy (non-hydrogen) atoms. The van der Waals surface area contributed by atoms with E-state index >= 15 is 0 Å². The van der Waals surface area contributed by atoms with Gasteiger partial charge in [-0.1, -0.05) is 12.1 Å². The van der Waals surface area contributed by atoms with Gasteiger partial charge in [0, 0.05) is 18.7 Å². The first-order valence-corrected chi connectivity index (χ1v) is 5.37. The summed E-state index contributed by atoms with van der Waals surface area (Å²) in [4.78, 5) is 10.8. The summed E-state index contributed by atoms with van der Waals surface area (Å²) in [6, 6.07) is 6.90. The van der Waals surface area contributed by atoms with Gasteiger partial charge < -0.3 is 21.3 Å². The molecule has 5 N–H and O–H groups in total. The van der Waals surface area contributed by atoms with Gasteiger partial charge in [-0.05, 0) is 24.6 Å². The molecule has 0 aliphatic heterocycles. The quantitative estimate of drug-likeness (QED) is 0.543. The lowest BCUT2D eigenvalue weighted by Crippen LogP contribution is -2.40. The van der Waals surface area contributed by atoms with Crippen molar-refractivity contribution in [2.45, 2.75) is 19.1 Å². The van der Waals surface area contributed by atoms with Crippen molar-refractivity contribution in [2.75, 3.05) is 13.2 Å². The summed E-state index contributed by atoms with van der Waals surface area (Å²) < 4.78 is 0. The van der Waals surface area contributed by atoms with Gasteiger partial charge in [-0.15, -0.1) is 0 Å². The Morgan fingerprint density at radius 3 is 2.47 bits per heavy atom. The van der Waals surface area contributed by atoms with Crippen molar-refractivity contribution in [3.8, 4) is 0 Å². The first kappa shape index (κ1) is 13.6. The van der Waals surface area contributed by atoms with E-state index in [-0.39, 0.29) is 6.61 Å². The van der Waals surface area contributed by atoms with E-state index in [2.05, 4.69) is 5.32 Å². The topological polar surface area (TPSA) is 95.6 Å². The van der Waals surface area contributed by atoms with E-state index in [4.69, 9.17) is 10.8 Å². The zero-order valence-corrected chi connectivity index (χ0v) is 9.81. The van der Waals surface area contributed by atoms with E-state index in [1.165, 1.54) is 0 Å². The van der Waals surface area contributed by atoms with Gasteiger partial charge in [0.05, 0.1) is 12.2 Å². The molecule has 0 bridgehead atoms. The molecule has 0 heterocycles. The number of nitrogens with one attached hydrogen (secondary N) is 1. The zero-order valence-electron chi connectivity index (χ0n) is 9.81. The van der Waals surface area contributed by atoms with Crippen LogP contribution in [-0.4, -0.2) is 34.9 Å². The molecule has 0 aromatic heterocycles. The van der Waals surface area contributed by atoms with Gasteiger partial charge in [0.25, 0.3) is 0 Å². The second kappa shape index (κ2) is 5.77. The molecule has 94 valence electrons. The summed E-state index contributed by atoms with van der Waals surface area (Å²) in [5, 5.41) is 21.4. The van der Waals surface area contributed by atoms with E-state index < -0.39 is 11.5 Å². The fraction of sp³-hybridized carbons (Fsp3) is 0.417. The van der Waals surface area contributed by atoms with Crippen LogP contribution in [0.25, 0.3) is 0 Å². The normalized spacial score (nSPS) is 14.3. The Bertz CT molecular complexity index is 374. The van der Waals surface area contributed by atoms with E-state index in [0.717, 1.165) is 5.56 Å². The number of aliphatic hydroxyl groups excluding tert-OH is 1. The van der Waals surface area contributed by atoms with Crippen LogP contribution in [0.1, 0.15) is 22.8 Å². The van der Waals surface area contributed by atoms with Crippen molar-refractivity contribution in [3.05, 3.63) is 35.4 Å². The number of carbonyl (C=O) groups is 1. The lowest BCUT2D eigenvalue weighted by molar-refractivity contribution is 0.00254. The molecule has 1 aromatic rings. The van der Waals surface area contributed by atoms with Crippen molar-refractivity contribution >= 4 is 5.91 Å². The molecule has 1 unspecified atom stereocenters. The molecule has 1 aromatic carbocycles. The van der Waals surface area contributed by atoms with Gasteiger partial charge in [0.15, 0.2) is 0 Å². The Balaban J connectivity index is 2.45. The minimum atomic E-state index is -1.12. The fourth-order valence-corrected chi connectivity index (χ4v) is 1.32. The zero-order chi connectivity index (χ0) is 12.9. The van der Waals surface area contributed by atoms with Crippen LogP contribution in [0.3, 0.4) is 0 Å². The standard InChI is InChI=1S/C12H18N2O3/c1-12(17,8-15)7-14-6-9-2-4-10(5-3-9)11(13)16/h2-5,14-15,17H,6-8H2,1H3,(H2,13,16). The molecule has 1 atom stereocenters. The molecule has 1 rings (SSSR count). The minimum Gasteiger partial charge on any atom is -0.393 e. The average Bonchev–Trinajstić information content (AvgIpc) is 2.29. The molecule has 0 aliphatic rings. The number of amides is 1. The van der Waals surface area contributed by atoms with E-state index in [0.29, 0.717) is 18.7 Å². The minimum absolute atomic E-state index is 0.291. The van der Waals surface area contributed by atoms with Gasteiger partial charge in [-0.2, -0.15) is 0 Å². The Morgan fingerprint density at radius 2 is 2.00 bits per heavy atom. The molecular weight excluding hydrogens is 220 g/mol. The third-order valence-electron chi connectivity index (χ3n) is 2.41. The Hall–Kier alpha value is -1.43. The van der Waals surface area contributed by atoms with Gasteiger partial charge in [0.1, 0.15) is 0 Å². The summed E-state index contributed by atoms with van der Waals surface area (Å²) in [5.74, 6) is -0.451. The van der Waals surface area contributed by atoms with Crippen LogP contribution >= 0.6 is 0 Å². The van der Waals surface area contributed by atoms with Crippen molar-refractivity contribution in [3.63, 3.8) is 0 Å². The van der Waals surface area contributed by atoms with Crippen LogP contribution in [0, 0.1) is 0 Å². The Kier molecular flexibility index (Phi) is 4.62. The second-order valence-corrected chi connectivity index (χ2v) is 4.32. The molecule has 0 radical (unpaired) electrons. The van der Waals surface area contributed by atoms with Crippen LogP contribution in [0.5, 0.6) is 0 Å². The third-order valence-corrected chi connectivity index (χ3v) is 2.41. The maximum absolute atomic E-state index is 10.8. The van der Waals surface area contributed by atoms with Gasteiger partial charge in [0.2, 0.25) is 5.91 Å². The first-order valence-electron chi connectivity index (χ1n) is 5.37. The molecule has 0 saturated carbocycles. The summed E-state index contributed by atoms with van der Waals surface area (Å²) in [6.07, 6.45) is 0. The number of nitrogens with two attached hydrogens (primary N) is 1. The number of aliphatic hydroxyl groups is 2. The van der Waals surface area contributed by atoms with E-state index in [1.54, 1.807) is 31.2 Å². The summed E-state index contributed by atoms with van der Waals surface area (Å²) in [6.45, 7) is 2.10. The van der Waals surface area contributed by atoms with Crippen LogP contribution in [0.4, 0.5) is 0 Å². The molecule has 5 nitrogen and oxygen atoms in total. The molecule has 1 amide bonds. The van der Waals surface area contributed by atoms with Crippen LogP contribution in [-0.2, 0) is 6.54 Å². The molecule has 0 saturated heterocycles. The van der Waals surface area contributed by atoms with Crippen molar-refractivity contribution < 1.29 is 15.0 Å². The summed E-state index contributed by atoms with van der Waals surface area (Å²) >= 11 is 0. The lowest BCUT2D eigenvalue weighted by Gasteiger charge is -2.20. The number of rotatable bonds is 6. The molecule has 5 heteroatoms. The lowest BCUT2D eigenvalue weighted by atomic mass is 10.1. The summed E-state index contributed by atoms with van der Waals surface area (Å²) in [5.41, 5.74) is 5.45. The van der Waals surface area contributed by atoms with E-state index in [1.807, 2.05) is 0 Å². The Morgan fingerprint density at radius 1 is 1.41 bits per heavy atom. The van der Waals surface area contributed by atoms with Gasteiger partial charge in [-0.3, -0.25) is 4.79 Å². The fourth-order valence-electron chi connectivity index (χ4n) is 1.32. The smallest absolute Gasteiger partial charge is 0.248 e. The second-order valence-electron chi connectivity index (χ2n) is 4.32. The largest absolute Gasteiger partial charge is 0.393 e. The number of carbonyl (C=O) groups excluding carboxylic acids is 1. The monoisotopic (exact) mass is 238 g/mol. The molecular formula is C12H18N2O3. The highest BCUT2D eigenvalue weighted by Gasteiger charge is 2.17. The number of benzene rings is 1. The molecule has 0 spiro atoms. The number of primary amides is 1. The van der Waals surface area contributed by atoms with Gasteiger partial charge >= 0.3 is 0 Å². The van der Waals surface area contributed by atoms with Crippen LogP contribution in [0.15, 0.2) is 24.3 Å².